The first-order chi connectivity index (χ1) is 9.65. The second-order valence-corrected chi connectivity index (χ2v) is 5.72. The average Bonchev–Trinajstić information content (AvgIpc) is 2.47. The lowest BCUT2D eigenvalue weighted by Gasteiger charge is -2.40. The predicted octanol–water partition coefficient (Wildman–Crippen LogP) is 3.26. The Morgan fingerprint density at radius 3 is 2.50 bits per heavy atom. The number of pyridine rings is 1. The molecule has 0 aromatic carbocycles. The monoisotopic (exact) mass is 279 g/mol. The Balaban J connectivity index is 2.12. The number of hydrogen-bond donors (Lipinski definition) is 1. The van der Waals surface area contributed by atoms with Gasteiger partial charge in [-0.1, -0.05) is 13.8 Å². The number of hydrogen-bond acceptors (Lipinski definition) is 3. The summed E-state index contributed by atoms with van der Waals surface area (Å²) in [7, 11) is 0. The molecule has 0 spiro atoms. The molecular weight excluding hydrogens is 253 g/mol. The van der Waals surface area contributed by atoms with Crippen LogP contribution in [0.5, 0.6) is 0 Å². The van der Waals surface area contributed by atoms with E-state index in [2.05, 4.69) is 23.7 Å². The molecule has 0 saturated heterocycles. The van der Waals surface area contributed by atoms with E-state index < -0.39 is 0 Å². The molecule has 1 aliphatic carbocycles. The molecule has 1 unspecified atom stereocenters. The molecule has 1 saturated carbocycles. The molecule has 2 N–H and O–H groups in total. The predicted molar refractivity (Wildman–Crippen MR) is 79.8 cm³/mol. The SMILES string of the molecule is CCC(c1ccc(F)cn1)N(CC)C1CCC(N)CC1. The highest BCUT2D eigenvalue weighted by Crippen LogP contribution is 2.30. The standard InChI is InChI=1S/C16H26FN3/c1-3-16(15-10-5-12(17)11-19-15)20(4-2)14-8-6-13(18)7-9-14/h5,10-11,13-14,16H,3-4,6-9,18H2,1-2H3. The molecule has 1 atom stereocenters. The van der Waals surface area contributed by atoms with E-state index in [1.807, 2.05) is 6.07 Å². The highest BCUT2D eigenvalue weighted by molar-refractivity contribution is 5.10. The lowest BCUT2D eigenvalue weighted by molar-refractivity contribution is 0.100. The third-order valence-electron chi connectivity index (χ3n) is 4.45. The van der Waals surface area contributed by atoms with Gasteiger partial charge in [0.25, 0.3) is 0 Å². The van der Waals surface area contributed by atoms with Crippen molar-refractivity contribution in [2.75, 3.05) is 6.54 Å². The summed E-state index contributed by atoms with van der Waals surface area (Å²) in [6.45, 7) is 5.37. The van der Waals surface area contributed by atoms with Gasteiger partial charge in [0, 0.05) is 12.1 Å². The zero-order chi connectivity index (χ0) is 14.5. The molecule has 1 aromatic heterocycles. The van der Waals surface area contributed by atoms with Crippen LogP contribution in [0.25, 0.3) is 0 Å². The van der Waals surface area contributed by atoms with E-state index in [1.165, 1.54) is 12.3 Å². The summed E-state index contributed by atoms with van der Waals surface area (Å²) in [5, 5.41) is 0. The summed E-state index contributed by atoms with van der Waals surface area (Å²) in [5.41, 5.74) is 6.98. The van der Waals surface area contributed by atoms with Gasteiger partial charge in [-0.3, -0.25) is 9.88 Å². The fraction of sp³-hybridized carbons (Fsp3) is 0.688. The summed E-state index contributed by atoms with van der Waals surface area (Å²) >= 11 is 0. The van der Waals surface area contributed by atoms with Crippen molar-refractivity contribution in [1.29, 1.82) is 0 Å². The number of nitrogens with two attached hydrogens (primary N) is 1. The molecule has 0 radical (unpaired) electrons. The van der Waals surface area contributed by atoms with Crippen molar-refractivity contribution in [3.05, 3.63) is 29.8 Å². The Hall–Kier alpha value is -1.00. The zero-order valence-electron chi connectivity index (χ0n) is 12.6. The molecule has 0 bridgehead atoms. The summed E-state index contributed by atoms with van der Waals surface area (Å²) in [6, 6.07) is 4.56. The minimum absolute atomic E-state index is 0.268. The lowest BCUT2D eigenvalue weighted by Crippen LogP contribution is -2.42. The zero-order valence-corrected chi connectivity index (χ0v) is 12.6. The maximum atomic E-state index is 13.0. The van der Waals surface area contributed by atoms with Gasteiger partial charge < -0.3 is 5.73 Å². The van der Waals surface area contributed by atoms with Crippen molar-refractivity contribution >= 4 is 0 Å². The van der Waals surface area contributed by atoms with Crippen LogP contribution in [-0.2, 0) is 0 Å². The van der Waals surface area contributed by atoms with Crippen LogP contribution in [0.2, 0.25) is 0 Å². The molecule has 3 nitrogen and oxygen atoms in total. The minimum Gasteiger partial charge on any atom is -0.328 e. The molecule has 1 heterocycles. The summed E-state index contributed by atoms with van der Waals surface area (Å²) in [4.78, 5) is 6.81. The Morgan fingerprint density at radius 1 is 1.30 bits per heavy atom. The third-order valence-corrected chi connectivity index (χ3v) is 4.45. The third kappa shape index (κ3) is 3.55. The van der Waals surface area contributed by atoms with Crippen molar-refractivity contribution < 1.29 is 4.39 Å². The quantitative estimate of drug-likeness (QED) is 0.899. The van der Waals surface area contributed by atoms with E-state index in [-0.39, 0.29) is 11.9 Å². The number of rotatable bonds is 5. The Labute approximate surface area is 121 Å². The van der Waals surface area contributed by atoms with Crippen molar-refractivity contribution in [1.82, 2.24) is 9.88 Å². The van der Waals surface area contributed by atoms with Gasteiger partial charge >= 0.3 is 0 Å². The van der Waals surface area contributed by atoms with Gasteiger partial charge in [-0.25, -0.2) is 4.39 Å². The summed E-state index contributed by atoms with van der Waals surface area (Å²) in [6.07, 6.45) is 6.85. The normalized spacial score (nSPS) is 24.9. The first-order valence-corrected chi connectivity index (χ1v) is 7.78. The Bertz CT molecular complexity index is 399. The van der Waals surface area contributed by atoms with E-state index >= 15 is 0 Å². The van der Waals surface area contributed by atoms with E-state index in [1.54, 1.807) is 0 Å². The van der Waals surface area contributed by atoms with Crippen molar-refractivity contribution in [3.63, 3.8) is 0 Å². The van der Waals surface area contributed by atoms with Gasteiger partial charge in [0.1, 0.15) is 5.82 Å². The highest BCUT2D eigenvalue weighted by Gasteiger charge is 2.29. The lowest BCUT2D eigenvalue weighted by atomic mass is 9.89. The Kier molecular flexibility index (Phi) is 5.49. The maximum Gasteiger partial charge on any atom is 0.141 e. The molecule has 0 amide bonds. The van der Waals surface area contributed by atoms with Gasteiger partial charge in [-0.2, -0.15) is 0 Å². The molecular formula is C16H26FN3. The van der Waals surface area contributed by atoms with Crippen LogP contribution in [0.3, 0.4) is 0 Å². The second-order valence-electron chi connectivity index (χ2n) is 5.72. The highest BCUT2D eigenvalue weighted by atomic mass is 19.1. The van der Waals surface area contributed by atoms with E-state index in [0.717, 1.165) is 44.3 Å². The van der Waals surface area contributed by atoms with Crippen LogP contribution < -0.4 is 5.73 Å². The fourth-order valence-electron chi connectivity index (χ4n) is 3.36. The first kappa shape index (κ1) is 15.4. The smallest absolute Gasteiger partial charge is 0.141 e. The molecule has 112 valence electrons. The molecule has 2 rings (SSSR count). The fourth-order valence-corrected chi connectivity index (χ4v) is 3.36. The van der Waals surface area contributed by atoms with Gasteiger partial charge in [-0.05, 0) is 50.8 Å². The second kappa shape index (κ2) is 7.14. The van der Waals surface area contributed by atoms with Crippen LogP contribution in [0.4, 0.5) is 4.39 Å². The van der Waals surface area contributed by atoms with Crippen molar-refractivity contribution in [2.45, 2.75) is 64.1 Å². The topological polar surface area (TPSA) is 42.2 Å². The Morgan fingerprint density at radius 2 is 2.00 bits per heavy atom. The molecule has 0 aliphatic heterocycles. The molecule has 4 heteroatoms. The van der Waals surface area contributed by atoms with E-state index in [9.17, 15) is 4.39 Å². The summed E-state index contributed by atoms with van der Waals surface area (Å²) in [5.74, 6) is -0.268. The van der Waals surface area contributed by atoms with Gasteiger partial charge in [0.15, 0.2) is 0 Å². The van der Waals surface area contributed by atoms with Crippen LogP contribution in [0, 0.1) is 5.82 Å². The number of aromatic nitrogens is 1. The molecule has 20 heavy (non-hydrogen) atoms. The van der Waals surface area contributed by atoms with E-state index in [4.69, 9.17) is 5.73 Å². The average molecular weight is 279 g/mol. The van der Waals surface area contributed by atoms with Crippen LogP contribution in [0.15, 0.2) is 18.3 Å². The maximum absolute atomic E-state index is 13.0. The van der Waals surface area contributed by atoms with E-state index in [0.29, 0.717) is 12.1 Å². The van der Waals surface area contributed by atoms with Crippen LogP contribution >= 0.6 is 0 Å². The van der Waals surface area contributed by atoms with Crippen molar-refractivity contribution in [2.24, 2.45) is 5.73 Å². The van der Waals surface area contributed by atoms with Gasteiger partial charge in [0.2, 0.25) is 0 Å². The minimum atomic E-state index is -0.268. The molecule has 1 fully saturated rings. The van der Waals surface area contributed by atoms with Gasteiger partial charge in [-0.15, -0.1) is 0 Å². The van der Waals surface area contributed by atoms with Crippen molar-refractivity contribution in [3.8, 4) is 0 Å². The molecule has 1 aromatic rings. The van der Waals surface area contributed by atoms with Crippen LogP contribution in [-0.4, -0.2) is 28.5 Å². The molecule has 1 aliphatic rings. The first-order valence-electron chi connectivity index (χ1n) is 7.78. The largest absolute Gasteiger partial charge is 0.328 e. The van der Waals surface area contributed by atoms with Gasteiger partial charge in [0.05, 0.1) is 17.9 Å². The number of halogens is 1. The summed E-state index contributed by atoms with van der Waals surface area (Å²) < 4.78 is 13.0. The van der Waals surface area contributed by atoms with Crippen LogP contribution in [0.1, 0.15) is 57.7 Å². The number of nitrogens with zero attached hydrogens (tertiary/aromatic N) is 2.